The number of rotatable bonds is 4. The molecule has 1 aromatic heterocycles. The summed E-state index contributed by atoms with van der Waals surface area (Å²) in [5.41, 5.74) is 5.54. The van der Waals surface area contributed by atoms with E-state index in [4.69, 9.17) is 4.99 Å². The summed E-state index contributed by atoms with van der Waals surface area (Å²) in [5, 5.41) is 0. The smallest absolute Gasteiger partial charge is 0.253 e. The molecule has 0 saturated heterocycles. The van der Waals surface area contributed by atoms with Crippen molar-refractivity contribution in [3.8, 4) is 0 Å². The molecule has 5 nitrogen and oxygen atoms in total. The van der Waals surface area contributed by atoms with Crippen molar-refractivity contribution in [3.05, 3.63) is 98.5 Å². The van der Waals surface area contributed by atoms with Crippen LogP contribution >= 0.6 is 0 Å². The predicted octanol–water partition coefficient (Wildman–Crippen LogP) is 5.16. The molecule has 2 unspecified atom stereocenters. The zero-order chi connectivity index (χ0) is 22.9. The highest BCUT2D eigenvalue weighted by molar-refractivity contribution is 5.98. The summed E-state index contributed by atoms with van der Waals surface area (Å²) in [4.78, 5) is 34.2. The van der Waals surface area contributed by atoms with E-state index in [-0.39, 0.29) is 24.8 Å². The number of carbonyl (C=O) groups excluding carboxylic acids is 1. The van der Waals surface area contributed by atoms with Gasteiger partial charge < -0.3 is 9.88 Å². The number of aliphatic imine (C=N–C) groups is 1. The summed E-state index contributed by atoms with van der Waals surface area (Å²) >= 11 is 0. The quantitative estimate of drug-likeness (QED) is 0.524. The van der Waals surface area contributed by atoms with Crippen molar-refractivity contribution in [1.82, 2.24) is 9.88 Å². The molecule has 172 valence electrons. The molecule has 0 fully saturated rings. The Morgan fingerprint density at radius 1 is 1.21 bits per heavy atom. The van der Waals surface area contributed by atoms with Crippen LogP contribution in [0.3, 0.4) is 0 Å². The molecular weight excluding hydrogens is 410 g/mol. The molecule has 2 atom stereocenters. The van der Waals surface area contributed by atoms with Crippen molar-refractivity contribution in [2.45, 2.75) is 39.7 Å². The number of aromatic amines is 1. The number of hydrogen-bond donors (Lipinski definition) is 1. The van der Waals surface area contributed by atoms with Crippen molar-refractivity contribution in [1.29, 1.82) is 0 Å². The number of H-pyrrole nitrogens is 1. The Morgan fingerprint density at radius 3 is 2.70 bits per heavy atom. The highest BCUT2D eigenvalue weighted by Gasteiger charge is 2.46. The third-order valence-corrected chi connectivity index (χ3v) is 6.33. The first-order valence-electron chi connectivity index (χ1n) is 10.9. The van der Waals surface area contributed by atoms with Gasteiger partial charge in [-0.1, -0.05) is 49.4 Å². The van der Waals surface area contributed by atoms with Gasteiger partial charge >= 0.3 is 0 Å². The van der Waals surface area contributed by atoms with Crippen LogP contribution in [-0.2, 0) is 12.0 Å². The van der Waals surface area contributed by atoms with Crippen LogP contribution in [0.5, 0.6) is 0 Å². The molecule has 2 aliphatic rings. The highest BCUT2D eigenvalue weighted by atomic mass is 16.2. The second-order valence-electron chi connectivity index (χ2n) is 8.74. The van der Waals surface area contributed by atoms with Gasteiger partial charge in [-0.3, -0.25) is 14.6 Å². The number of amides is 1. The second kappa shape index (κ2) is 9.57. The minimum atomic E-state index is -0.515. The third kappa shape index (κ3) is 4.40. The summed E-state index contributed by atoms with van der Waals surface area (Å²) in [6, 6.07) is 11.1. The van der Waals surface area contributed by atoms with Crippen LogP contribution in [0.1, 0.15) is 54.9 Å². The number of hydrogen-bond acceptors (Lipinski definition) is 3. The molecule has 2 bridgehead atoms. The zero-order valence-electron chi connectivity index (χ0n) is 19.1. The molecular formula is C28H33N3O2. The van der Waals surface area contributed by atoms with Gasteiger partial charge in [0, 0.05) is 55.5 Å². The Hall–Kier alpha value is -3.47. The number of carbonyl (C=O) groups is 1. The lowest BCUT2D eigenvalue weighted by atomic mass is 9.63. The van der Waals surface area contributed by atoms with E-state index < -0.39 is 5.54 Å². The van der Waals surface area contributed by atoms with E-state index in [1.807, 2.05) is 48.7 Å². The van der Waals surface area contributed by atoms with Gasteiger partial charge in [-0.2, -0.15) is 0 Å². The van der Waals surface area contributed by atoms with Gasteiger partial charge in [-0.05, 0) is 49.6 Å². The number of nitrogens with one attached hydrogen (secondary N) is 1. The number of benzene rings is 1. The molecule has 33 heavy (non-hydrogen) atoms. The van der Waals surface area contributed by atoms with Crippen molar-refractivity contribution in [3.63, 3.8) is 0 Å². The summed E-state index contributed by atoms with van der Waals surface area (Å²) < 4.78 is 0. The first-order valence-corrected chi connectivity index (χ1v) is 10.9. The van der Waals surface area contributed by atoms with Gasteiger partial charge in [0.25, 0.3) is 5.91 Å². The van der Waals surface area contributed by atoms with E-state index in [2.05, 4.69) is 31.0 Å². The normalized spacial score (nSPS) is 22.7. The maximum absolute atomic E-state index is 12.5. The summed E-state index contributed by atoms with van der Waals surface area (Å²) in [5.74, 6) is 0.205. The SMILES string of the molecule is C.C/C=C1\C2C=C(C)CC1(N=C/C=C/c1ccccc1C(=O)N(C)C)c1ccc(=O)[nH]c1C2. The Kier molecular flexibility index (Phi) is 7.01. The Balaban J connectivity index is 0.00000306. The van der Waals surface area contributed by atoms with Gasteiger partial charge in [0.15, 0.2) is 0 Å². The van der Waals surface area contributed by atoms with E-state index in [0.717, 1.165) is 29.7 Å². The number of nitrogens with zero attached hydrogens (tertiary/aromatic N) is 2. The minimum absolute atomic E-state index is 0. The predicted molar refractivity (Wildman–Crippen MR) is 137 cm³/mol. The lowest BCUT2D eigenvalue weighted by Crippen LogP contribution is -2.40. The molecule has 1 aromatic carbocycles. The molecule has 5 heteroatoms. The van der Waals surface area contributed by atoms with Crippen LogP contribution in [0, 0.1) is 5.92 Å². The molecule has 2 aromatic rings. The third-order valence-electron chi connectivity index (χ3n) is 6.33. The van der Waals surface area contributed by atoms with Crippen LogP contribution in [0.25, 0.3) is 6.08 Å². The second-order valence-corrected chi connectivity index (χ2v) is 8.74. The Bertz CT molecular complexity index is 1230. The topological polar surface area (TPSA) is 65.5 Å². The molecule has 0 radical (unpaired) electrons. The molecule has 0 spiro atoms. The van der Waals surface area contributed by atoms with Gasteiger partial charge in [0.05, 0.1) is 0 Å². The van der Waals surface area contributed by atoms with Crippen LogP contribution in [0.2, 0.25) is 0 Å². The van der Waals surface area contributed by atoms with Crippen LogP contribution in [0.4, 0.5) is 0 Å². The van der Waals surface area contributed by atoms with Crippen molar-refractivity contribution in [2.75, 3.05) is 14.1 Å². The molecule has 1 amide bonds. The summed E-state index contributed by atoms with van der Waals surface area (Å²) in [7, 11) is 3.50. The number of aromatic nitrogens is 1. The van der Waals surface area contributed by atoms with Gasteiger partial charge in [0.2, 0.25) is 5.56 Å². The molecule has 2 aliphatic carbocycles. The van der Waals surface area contributed by atoms with E-state index in [1.54, 1.807) is 25.1 Å². The molecule has 4 rings (SSSR count). The first-order chi connectivity index (χ1) is 15.4. The van der Waals surface area contributed by atoms with Crippen LogP contribution in [0.15, 0.2) is 75.6 Å². The van der Waals surface area contributed by atoms with Gasteiger partial charge in [0.1, 0.15) is 5.54 Å². The summed E-state index contributed by atoms with van der Waals surface area (Å²) in [6.45, 7) is 4.22. The molecule has 0 saturated carbocycles. The van der Waals surface area contributed by atoms with E-state index in [1.165, 1.54) is 11.1 Å². The zero-order valence-corrected chi connectivity index (χ0v) is 19.1. The molecule has 1 heterocycles. The highest BCUT2D eigenvalue weighted by Crippen LogP contribution is 2.51. The Labute approximate surface area is 196 Å². The van der Waals surface area contributed by atoms with Gasteiger partial charge in [-0.25, -0.2) is 0 Å². The standard InChI is InChI=1S/C27H29N3O2.CH4/c1-5-22-20-15-18(2)17-27(22,23-12-13-25(31)29-24(23)16-20)28-14-8-10-19-9-6-7-11-21(19)26(32)30(3)4;/h5-15,20H,16-17H2,1-4H3,(H,29,31);1H4/b10-8+,22-5+,28-14?;. The monoisotopic (exact) mass is 443 g/mol. The van der Waals surface area contributed by atoms with E-state index >= 15 is 0 Å². The van der Waals surface area contributed by atoms with Crippen LogP contribution < -0.4 is 5.56 Å². The average molecular weight is 444 g/mol. The van der Waals surface area contributed by atoms with Crippen molar-refractivity contribution in [2.24, 2.45) is 10.9 Å². The lowest BCUT2D eigenvalue weighted by molar-refractivity contribution is 0.0827. The maximum atomic E-state index is 12.5. The maximum Gasteiger partial charge on any atom is 0.253 e. The largest absolute Gasteiger partial charge is 0.345 e. The first kappa shape index (κ1) is 24.2. The van der Waals surface area contributed by atoms with Crippen molar-refractivity contribution >= 4 is 18.2 Å². The fourth-order valence-corrected chi connectivity index (χ4v) is 5.05. The minimum Gasteiger partial charge on any atom is -0.345 e. The lowest BCUT2D eigenvalue weighted by Gasteiger charge is -2.45. The fourth-order valence-electron chi connectivity index (χ4n) is 5.05. The number of fused-ring (bicyclic) bond motifs is 4. The van der Waals surface area contributed by atoms with Crippen molar-refractivity contribution < 1.29 is 4.79 Å². The Morgan fingerprint density at radius 2 is 1.97 bits per heavy atom. The summed E-state index contributed by atoms with van der Waals surface area (Å²) in [6.07, 6.45) is 11.7. The van der Waals surface area contributed by atoms with Crippen LogP contribution in [-0.4, -0.2) is 36.1 Å². The van der Waals surface area contributed by atoms with E-state index in [0.29, 0.717) is 5.56 Å². The molecule has 1 N–H and O–H groups in total. The van der Waals surface area contributed by atoms with E-state index in [9.17, 15) is 9.59 Å². The average Bonchev–Trinajstić information content (AvgIpc) is 2.75. The number of allylic oxidation sites excluding steroid dienone is 3. The molecule has 0 aliphatic heterocycles. The van der Waals surface area contributed by atoms with Gasteiger partial charge in [-0.15, -0.1) is 0 Å². The fraction of sp³-hybridized carbons (Fsp3) is 0.321. The number of pyridine rings is 1.